The maximum absolute atomic E-state index is 4.39. The Morgan fingerprint density at radius 3 is 2.48 bits per heavy atom. The van der Waals surface area contributed by atoms with Gasteiger partial charge in [0, 0.05) is 12.2 Å². The second kappa shape index (κ2) is 9.17. The van der Waals surface area contributed by atoms with Crippen molar-refractivity contribution < 1.29 is 0 Å². The first-order valence-electron chi connectivity index (χ1n) is 8.10. The summed E-state index contributed by atoms with van der Waals surface area (Å²) in [5.41, 5.74) is 1.42. The molecule has 2 aromatic rings. The van der Waals surface area contributed by atoms with E-state index in [9.17, 15) is 0 Å². The second-order valence-corrected chi connectivity index (χ2v) is 5.58. The van der Waals surface area contributed by atoms with E-state index in [2.05, 4.69) is 53.6 Å². The first-order valence-corrected chi connectivity index (χ1v) is 8.10. The SMILES string of the molecule is CCCCCC(CCc1ccccc1)Nc1ccccn1. The number of aromatic nitrogens is 1. The number of hydrogen-bond donors (Lipinski definition) is 1. The van der Waals surface area contributed by atoms with Crippen molar-refractivity contribution >= 4 is 5.82 Å². The Balaban J connectivity index is 1.88. The van der Waals surface area contributed by atoms with Crippen molar-refractivity contribution in [2.75, 3.05) is 5.32 Å². The summed E-state index contributed by atoms with van der Waals surface area (Å²) in [4.78, 5) is 4.39. The third kappa shape index (κ3) is 5.99. The van der Waals surface area contributed by atoms with E-state index < -0.39 is 0 Å². The summed E-state index contributed by atoms with van der Waals surface area (Å²) in [6.45, 7) is 2.26. The zero-order chi connectivity index (χ0) is 14.8. The van der Waals surface area contributed by atoms with Crippen molar-refractivity contribution in [3.63, 3.8) is 0 Å². The molecule has 0 saturated carbocycles. The minimum atomic E-state index is 0.506. The molecule has 0 radical (unpaired) electrons. The fourth-order valence-corrected chi connectivity index (χ4v) is 2.57. The summed E-state index contributed by atoms with van der Waals surface area (Å²) in [7, 11) is 0. The summed E-state index contributed by atoms with van der Waals surface area (Å²) in [6.07, 6.45) is 9.22. The van der Waals surface area contributed by atoms with Gasteiger partial charge in [-0.1, -0.05) is 62.6 Å². The van der Waals surface area contributed by atoms with Gasteiger partial charge >= 0.3 is 0 Å². The molecule has 0 bridgehead atoms. The van der Waals surface area contributed by atoms with Crippen LogP contribution >= 0.6 is 0 Å². The normalized spacial score (nSPS) is 12.0. The molecule has 0 fully saturated rings. The van der Waals surface area contributed by atoms with E-state index in [-0.39, 0.29) is 0 Å². The van der Waals surface area contributed by atoms with Crippen LogP contribution in [0.2, 0.25) is 0 Å². The van der Waals surface area contributed by atoms with Crippen LogP contribution in [0, 0.1) is 0 Å². The van der Waals surface area contributed by atoms with Crippen LogP contribution in [-0.2, 0) is 6.42 Å². The predicted octanol–water partition coefficient (Wildman–Crippen LogP) is 5.08. The lowest BCUT2D eigenvalue weighted by molar-refractivity contribution is 0.554. The molecular formula is C19H26N2. The number of benzene rings is 1. The van der Waals surface area contributed by atoms with E-state index in [1.54, 1.807) is 0 Å². The molecule has 0 spiro atoms. The first kappa shape index (κ1) is 15.6. The van der Waals surface area contributed by atoms with Crippen LogP contribution in [0.4, 0.5) is 5.82 Å². The Morgan fingerprint density at radius 1 is 0.952 bits per heavy atom. The molecule has 1 heterocycles. The maximum atomic E-state index is 4.39. The molecule has 0 saturated heterocycles. The van der Waals surface area contributed by atoms with Gasteiger partial charge in [0.2, 0.25) is 0 Å². The Kier molecular flexibility index (Phi) is 6.79. The highest BCUT2D eigenvalue weighted by Gasteiger charge is 2.09. The molecule has 2 rings (SSSR count). The van der Waals surface area contributed by atoms with Gasteiger partial charge in [-0.3, -0.25) is 0 Å². The van der Waals surface area contributed by atoms with Gasteiger partial charge in [-0.25, -0.2) is 4.98 Å². The molecule has 21 heavy (non-hydrogen) atoms. The van der Waals surface area contributed by atoms with Gasteiger partial charge in [0.05, 0.1) is 0 Å². The van der Waals surface area contributed by atoms with Crippen LogP contribution in [-0.4, -0.2) is 11.0 Å². The number of unbranched alkanes of at least 4 members (excludes halogenated alkanes) is 2. The van der Waals surface area contributed by atoms with Crippen LogP contribution in [0.15, 0.2) is 54.7 Å². The summed E-state index contributed by atoms with van der Waals surface area (Å²) in [5, 5.41) is 3.60. The lowest BCUT2D eigenvalue weighted by Crippen LogP contribution is -2.21. The number of aryl methyl sites for hydroxylation is 1. The summed E-state index contributed by atoms with van der Waals surface area (Å²) in [6, 6.07) is 17.3. The number of pyridine rings is 1. The van der Waals surface area contributed by atoms with Crippen molar-refractivity contribution in [1.29, 1.82) is 0 Å². The smallest absolute Gasteiger partial charge is 0.126 e. The molecule has 2 nitrogen and oxygen atoms in total. The second-order valence-electron chi connectivity index (χ2n) is 5.58. The molecule has 1 unspecified atom stereocenters. The van der Waals surface area contributed by atoms with Gasteiger partial charge < -0.3 is 5.32 Å². The van der Waals surface area contributed by atoms with E-state index in [0.717, 1.165) is 18.7 Å². The highest BCUT2D eigenvalue weighted by atomic mass is 15.0. The van der Waals surface area contributed by atoms with Gasteiger partial charge in [0.1, 0.15) is 5.82 Å². The summed E-state index contributed by atoms with van der Waals surface area (Å²) < 4.78 is 0. The van der Waals surface area contributed by atoms with Crippen LogP contribution in [0.5, 0.6) is 0 Å². The van der Waals surface area contributed by atoms with Crippen molar-refractivity contribution in [3.8, 4) is 0 Å². The van der Waals surface area contributed by atoms with Gasteiger partial charge in [0.15, 0.2) is 0 Å². The molecule has 0 amide bonds. The Bertz CT molecular complexity index is 481. The van der Waals surface area contributed by atoms with Gasteiger partial charge in [0.25, 0.3) is 0 Å². The van der Waals surface area contributed by atoms with E-state index in [0.29, 0.717) is 6.04 Å². The molecule has 1 aromatic heterocycles. The molecule has 0 aliphatic rings. The van der Waals surface area contributed by atoms with E-state index in [4.69, 9.17) is 0 Å². The lowest BCUT2D eigenvalue weighted by Gasteiger charge is -2.19. The topological polar surface area (TPSA) is 24.9 Å². The molecule has 1 N–H and O–H groups in total. The molecule has 0 aliphatic carbocycles. The van der Waals surface area contributed by atoms with E-state index in [1.165, 1.54) is 31.2 Å². The number of nitrogens with zero attached hydrogens (tertiary/aromatic N) is 1. The number of nitrogens with one attached hydrogen (secondary N) is 1. The fourth-order valence-electron chi connectivity index (χ4n) is 2.57. The first-order chi connectivity index (χ1) is 10.4. The largest absolute Gasteiger partial charge is 0.367 e. The van der Waals surface area contributed by atoms with Crippen LogP contribution in [0.1, 0.15) is 44.6 Å². The number of hydrogen-bond acceptors (Lipinski definition) is 2. The molecule has 1 atom stereocenters. The van der Waals surface area contributed by atoms with Crippen LogP contribution in [0.3, 0.4) is 0 Å². The minimum Gasteiger partial charge on any atom is -0.367 e. The Hall–Kier alpha value is -1.83. The number of anilines is 1. The third-order valence-corrected chi connectivity index (χ3v) is 3.80. The summed E-state index contributed by atoms with van der Waals surface area (Å²) in [5.74, 6) is 0.993. The van der Waals surface area contributed by atoms with Gasteiger partial charge in [-0.05, 0) is 37.0 Å². The highest BCUT2D eigenvalue weighted by molar-refractivity contribution is 5.34. The van der Waals surface area contributed by atoms with Crippen molar-refractivity contribution in [2.24, 2.45) is 0 Å². The average Bonchev–Trinajstić information content (AvgIpc) is 2.54. The van der Waals surface area contributed by atoms with Gasteiger partial charge in [-0.2, -0.15) is 0 Å². The monoisotopic (exact) mass is 282 g/mol. The molecule has 1 aromatic carbocycles. The molecular weight excluding hydrogens is 256 g/mol. The maximum Gasteiger partial charge on any atom is 0.126 e. The lowest BCUT2D eigenvalue weighted by atomic mass is 10.0. The Labute approximate surface area is 128 Å². The molecule has 112 valence electrons. The summed E-state index contributed by atoms with van der Waals surface area (Å²) >= 11 is 0. The third-order valence-electron chi connectivity index (χ3n) is 3.80. The average molecular weight is 282 g/mol. The predicted molar refractivity (Wildman–Crippen MR) is 90.6 cm³/mol. The van der Waals surface area contributed by atoms with Crippen LogP contribution in [0.25, 0.3) is 0 Å². The highest BCUT2D eigenvalue weighted by Crippen LogP contribution is 2.15. The molecule has 2 heteroatoms. The fraction of sp³-hybridized carbons (Fsp3) is 0.421. The zero-order valence-corrected chi connectivity index (χ0v) is 13.0. The van der Waals surface area contributed by atoms with Crippen LogP contribution < -0.4 is 5.32 Å². The standard InChI is InChI=1S/C19H26N2/c1-2-3-5-12-18(21-19-13-8-9-16-20-19)15-14-17-10-6-4-7-11-17/h4,6-11,13,16,18H,2-3,5,12,14-15H2,1H3,(H,20,21). The van der Waals surface area contributed by atoms with Gasteiger partial charge in [-0.15, -0.1) is 0 Å². The van der Waals surface area contributed by atoms with Crippen molar-refractivity contribution in [3.05, 3.63) is 60.3 Å². The van der Waals surface area contributed by atoms with Crippen molar-refractivity contribution in [1.82, 2.24) is 4.98 Å². The quantitative estimate of drug-likeness (QED) is 0.649. The van der Waals surface area contributed by atoms with E-state index >= 15 is 0 Å². The minimum absolute atomic E-state index is 0.506. The number of rotatable bonds is 9. The zero-order valence-electron chi connectivity index (χ0n) is 13.0. The van der Waals surface area contributed by atoms with E-state index in [1.807, 2.05) is 18.3 Å². The molecule has 0 aliphatic heterocycles. The van der Waals surface area contributed by atoms with Crippen molar-refractivity contribution in [2.45, 2.75) is 51.5 Å². The Morgan fingerprint density at radius 2 is 1.76 bits per heavy atom.